The topological polar surface area (TPSA) is 122 Å². The van der Waals surface area contributed by atoms with E-state index in [9.17, 15) is 0 Å². The van der Waals surface area contributed by atoms with Gasteiger partial charge in [-0.15, -0.1) is 0 Å². The quantitative estimate of drug-likeness (QED) is 0.0286. The predicted octanol–water partition coefficient (Wildman–Crippen LogP) is 6.92. The smallest absolute Gasteiger partial charge is 0.0211 e. The standard InChI is InChI=1S/C51H89N9/c1-41(2)36-56-26-9-21-53-23-11-29-59-39-45-15-8-17-48(33-45)51-19-18-47(35-49(51)40-60-30-12-24-54-22-10-27-57-37-42(3)4)46-16-7-14-44(32-46)34-50(52)20-31-55-25-13-28-58-38-43(5)6/h7-8,14-19,32-33,35,41-43,50,53-60H,9-13,20-31,34,36-40,52H2,1-6H3. The average molecular weight is 828 g/mol. The molecular weight excluding hydrogens is 739 g/mol. The maximum absolute atomic E-state index is 6.65. The van der Waals surface area contributed by atoms with Crippen molar-refractivity contribution in [3.05, 3.63) is 83.4 Å². The first-order valence-corrected chi connectivity index (χ1v) is 23.9. The second kappa shape index (κ2) is 32.9. The number of benzene rings is 3. The van der Waals surface area contributed by atoms with Crippen molar-refractivity contribution < 1.29 is 0 Å². The SMILES string of the molecule is CC(C)CNCCCNCCCNCc1cccc(-c2ccc(-c3cccc(CC(N)CCNCCCNCC(C)C)c3)cc2CNCCCNCCCNCC(C)C)c1. The van der Waals surface area contributed by atoms with Crippen molar-refractivity contribution in [3.63, 3.8) is 0 Å². The largest absolute Gasteiger partial charge is 0.327 e. The van der Waals surface area contributed by atoms with E-state index >= 15 is 0 Å². The molecule has 0 aliphatic heterocycles. The lowest BCUT2D eigenvalue weighted by molar-refractivity contribution is 0.516. The van der Waals surface area contributed by atoms with Crippen LogP contribution in [0.2, 0.25) is 0 Å². The molecule has 1 atom stereocenters. The number of rotatable bonds is 37. The van der Waals surface area contributed by atoms with Gasteiger partial charge < -0.3 is 48.3 Å². The zero-order valence-corrected chi connectivity index (χ0v) is 39.0. The summed E-state index contributed by atoms with van der Waals surface area (Å²) in [5.41, 5.74) is 15.7. The first-order valence-electron chi connectivity index (χ1n) is 23.9. The van der Waals surface area contributed by atoms with Crippen molar-refractivity contribution in [2.24, 2.45) is 23.5 Å². The third-order valence-electron chi connectivity index (χ3n) is 10.6. The van der Waals surface area contributed by atoms with Crippen LogP contribution in [0.5, 0.6) is 0 Å². The minimum Gasteiger partial charge on any atom is -0.327 e. The first-order chi connectivity index (χ1) is 29.2. The van der Waals surface area contributed by atoms with E-state index in [1.54, 1.807) is 0 Å². The molecule has 9 heteroatoms. The maximum atomic E-state index is 6.65. The summed E-state index contributed by atoms with van der Waals surface area (Å²) in [6.45, 7) is 30.0. The Morgan fingerprint density at radius 2 is 0.850 bits per heavy atom. The molecule has 0 aliphatic carbocycles. The Labute approximate surface area is 367 Å². The molecule has 3 rings (SSSR count). The van der Waals surface area contributed by atoms with Gasteiger partial charge in [-0.2, -0.15) is 0 Å². The van der Waals surface area contributed by atoms with Gasteiger partial charge in [0.05, 0.1) is 0 Å². The van der Waals surface area contributed by atoms with Gasteiger partial charge >= 0.3 is 0 Å². The van der Waals surface area contributed by atoms with Crippen molar-refractivity contribution in [2.45, 2.75) is 106 Å². The number of hydrogen-bond acceptors (Lipinski definition) is 9. The van der Waals surface area contributed by atoms with Crippen LogP contribution in [0.3, 0.4) is 0 Å². The average Bonchev–Trinajstić information content (AvgIpc) is 3.22. The van der Waals surface area contributed by atoms with Gasteiger partial charge in [0.25, 0.3) is 0 Å². The summed E-state index contributed by atoms with van der Waals surface area (Å²) >= 11 is 0. The molecule has 0 saturated heterocycles. The van der Waals surface area contributed by atoms with Gasteiger partial charge in [0.1, 0.15) is 0 Å². The van der Waals surface area contributed by atoms with Crippen LogP contribution in [-0.4, -0.2) is 97.7 Å². The fourth-order valence-electron chi connectivity index (χ4n) is 7.32. The van der Waals surface area contributed by atoms with Crippen LogP contribution < -0.4 is 48.3 Å². The van der Waals surface area contributed by atoms with Crippen molar-refractivity contribution in [1.29, 1.82) is 0 Å². The van der Waals surface area contributed by atoms with E-state index in [-0.39, 0.29) is 6.04 Å². The summed E-state index contributed by atoms with van der Waals surface area (Å²) in [4.78, 5) is 0. The van der Waals surface area contributed by atoms with Crippen LogP contribution in [0, 0.1) is 17.8 Å². The third kappa shape index (κ3) is 24.7. The summed E-state index contributed by atoms with van der Waals surface area (Å²) in [5.74, 6) is 2.11. The molecule has 0 fully saturated rings. The highest BCUT2D eigenvalue weighted by Gasteiger charge is 2.11. The van der Waals surface area contributed by atoms with Crippen molar-refractivity contribution in [1.82, 2.24) is 42.5 Å². The maximum Gasteiger partial charge on any atom is 0.0211 e. The third-order valence-corrected chi connectivity index (χ3v) is 10.6. The van der Waals surface area contributed by atoms with E-state index in [4.69, 9.17) is 5.73 Å². The Bertz CT molecular complexity index is 1490. The van der Waals surface area contributed by atoms with E-state index in [1.165, 1.54) is 51.8 Å². The molecule has 0 amide bonds. The molecule has 3 aromatic carbocycles. The second-order valence-electron chi connectivity index (χ2n) is 18.2. The minimum atomic E-state index is 0.135. The highest BCUT2D eigenvalue weighted by Crippen LogP contribution is 2.30. The molecule has 0 radical (unpaired) electrons. The fourth-order valence-corrected chi connectivity index (χ4v) is 7.32. The molecule has 0 aliphatic rings. The van der Waals surface area contributed by atoms with E-state index in [1.807, 2.05) is 0 Å². The first kappa shape index (κ1) is 51.6. The Kier molecular flexibility index (Phi) is 28.4. The zero-order valence-electron chi connectivity index (χ0n) is 39.0. The molecule has 60 heavy (non-hydrogen) atoms. The van der Waals surface area contributed by atoms with Gasteiger partial charge in [-0.05, 0) is 205 Å². The second-order valence-corrected chi connectivity index (χ2v) is 18.2. The predicted molar refractivity (Wildman–Crippen MR) is 262 cm³/mol. The van der Waals surface area contributed by atoms with Crippen LogP contribution in [0.4, 0.5) is 0 Å². The van der Waals surface area contributed by atoms with Gasteiger partial charge in [-0.3, -0.25) is 0 Å². The van der Waals surface area contributed by atoms with E-state index in [0.717, 1.165) is 137 Å². The summed E-state index contributed by atoms with van der Waals surface area (Å²) in [6, 6.07) is 25.3. The van der Waals surface area contributed by atoms with Crippen molar-refractivity contribution in [3.8, 4) is 22.3 Å². The molecule has 0 heterocycles. The fraction of sp³-hybridized carbons (Fsp3) is 0.647. The van der Waals surface area contributed by atoms with E-state index in [0.29, 0.717) is 17.8 Å². The van der Waals surface area contributed by atoms with Crippen LogP contribution in [0.1, 0.15) is 96.8 Å². The van der Waals surface area contributed by atoms with Crippen molar-refractivity contribution >= 4 is 0 Å². The van der Waals surface area contributed by atoms with Crippen LogP contribution >= 0.6 is 0 Å². The minimum absolute atomic E-state index is 0.135. The number of hydrogen-bond donors (Lipinski definition) is 9. The van der Waals surface area contributed by atoms with Crippen LogP contribution in [0.15, 0.2) is 66.7 Å². The lowest BCUT2D eigenvalue weighted by Gasteiger charge is -2.16. The highest BCUT2D eigenvalue weighted by molar-refractivity contribution is 5.74. The molecular formula is C51H89N9. The summed E-state index contributed by atoms with van der Waals surface area (Å²) < 4.78 is 0. The Balaban J connectivity index is 1.56. The summed E-state index contributed by atoms with van der Waals surface area (Å²) in [5, 5.41) is 28.9. The van der Waals surface area contributed by atoms with Gasteiger partial charge in [-0.25, -0.2) is 0 Å². The Morgan fingerprint density at radius 1 is 0.417 bits per heavy atom. The van der Waals surface area contributed by atoms with E-state index < -0.39 is 0 Å². The molecule has 0 spiro atoms. The van der Waals surface area contributed by atoms with Gasteiger partial charge in [0.2, 0.25) is 0 Å². The highest BCUT2D eigenvalue weighted by atomic mass is 14.9. The number of nitrogens with one attached hydrogen (secondary N) is 8. The number of nitrogens with two attached hydrogens (primary N) is 1. The zero-order chi connectivity index (χ0) is 43.0. The van der Waals surface area contributed by atoms with Gasteiger partial charge in [0.15, 0.2) is 0 Å². The monoisotopic (exact) mass is 828 g/mol. The normalized spacial score (nSPS) is 12.4. The van der Waals surface area contributed by atoms with Crippen molar-refractivity contribution in [2.75, 3.05) is 91.6 Å². The molecule has 9 nitrogen and oxygen atoms in total. The summed E-state index contributed by atoms with van der Waals surface area (Å²) in [6.07, 6.45) is 7.58. The molecule has 10 N–H and O–H groups in total. The molecule has 0 saturated carbocycles. The Hall–Kier alpha value is -2.70. The lowest BCUT2D eigenvalue weighted by Crippen LogP contribution is -2.30. The molecule has 0 bridgehead atoms. The lowest BCUT2D eigenvalue weighted by atomic mass is 9.92. The summed E-state index contributed by atoms with van der Waals surface area (Å²) in [7, 11) is 0. The molecule has 1 unspecified atom stereocenters. The van der Waals surface area contributed by atoms with Crippen LogP contribution in [-0.2, 0) is 19.5 Å². The molecule has 0 aromatic heterocycles. The molecule has 3 aromatic rings. The van der Waals surface area contributed by atoms with E-state index in [2.05, 4.69) is 151 Å². The Morgan fingerprint density at radius 3 is 1.40 bits per heavy atom. The molecule has 338 valence electrons. The van der Waals surface area contributed by atoms with Gasteiger partial charge in [-0.1, -0.05) is 96.1 Å². The van der Waals surface area contributed by atoms with Gasteiger partial charge in [0, 0.05) is 19.1 Å². The van der Waals surface area contributed by atoms with Crippen LogP contribution in [0.25, 0.3) is 22.3 Å².